The number of rotatable bonds is 3. The van der Waals surface area contributed by atoms with E-state index >= 15 is 0 Å². The Morgan fingerprint density at radius 2 is 1.94 bits per heavy atom. The maximum absolute atomic E-state index is 12.1. The first-order chi connectivity index (χ1) is 8.56. The van der Waals surface area contributed by atoms with Crippen LogP contribution in [0.3, 0.4) is 0 Å². The normalized spacial score (nSPS) is 16.8. The van der Waals surface area contributed by atoms with Crippen molar-refractivity contribution in [3.8, 4) is 0 Å². The molecule has 2 rings (SSSR count). The lowest BCUT2D eigenvalue weighted by Gasteiger charge is -2.33. The number of hydrogen-bond acceptors (Lipinski definition) is 4. The summed E-state index contributed by atoms with van der Waals surface area (Å²) in [5.74, 6) is 0.667. The molecule has 0 unspecified atom stereocenters. The minimum Gasteiger partial charge on any atom is -0.456 e. The molecule has 1 aromatic heterocycles. The Labute approximate surface area is 105 Å². The second-order valence-corrected chi connectivity index (χ2v) is 4.44. The molecule has 0 bridgehead atoms. The quantitative estimate of drug-likeness (QED) is 0.809. The maximum atomic E-state index is 12.1. The van der Waals surface area contributed by atoms with Gasteiger partial charge in [-0.3, -0.25) is 14.5 Å². The SMILES string of the molecule is Cc1ccc(C(=O)N2CCN(CC(N)=O)CC2)o1. The van der Waals surface area contributed by atoms with Crippen molar-refractivity contribution in [3.05, 3.63) is 23.7 Å². The van der Waals surface area contributed by atoms with Crippen LogP contribution in [-0.4, -0.2) is 54.3 Å². The van der Waals surface area contributed by atoms with E-state index in [9.17, 15) is 9.59 Å². The van der Waals surface area contributed by atoms with E-state index in [1.54, 1.807) is 17.0 Å². The summed E-state index contributed by atoms with van der Waals surface area (Å²) in [6.07, 6.45) is 0. The molecule has 98 valence electrons. The van der Waals surface area contributed by atoms with Crippen molar-refractivity contribution in [1.82, 2.24) is 9.80 Å². The lowest BCUT2D eigenvalue weighted by molar-refractivity contribution is -0.119. The molecule has 0 saturated carbocycles. The van der Waals surface area contributed by atoms with Crippen molar-refractivity contribution < 1.29 is 14.0 Å². The van der Waals surface area contributed by atoms with Gasteiger partial charge in [0.1, 0.15) is 5.76 Å². The van der Waals surface area contributed by atoms with Crippen LogP contribution in [0, 0.1) is 6.92 Å². The fraction of sp³-hybridized carbons (Fsp3) is 0.500. The first-order valence-corrected chi connectivity index (χ1v) is 5.92. The molecule has 1 aromatic rings. The molecular formula is C12H17N3O3. The number of nitrogens with two attached hydrogens (primary N) is 1. The molecule has 6 heteroatoms. The molecule has 0 aromatic carbocycles. The van der Waals surface area contributed by atoms with Crippen LogP contribution in [0.1, 0.15) is 16.3 Å². The fourth-order valence-electron chi connectivity index (χ4n) is 2.03. The summed E-state index contributed by atoms with van der Waals surface area (Å²) < 4.78 is 5.31. The molecule has 0 atom stereocenters. The summed E-state index contributed by atoms with van der Waals surface area (Å²) in [5.41, 5.74) is 5.14. The van der Waals surface area contributed by atoms with Crippen LogP contribution in [0.5, 0.6) is 0 Å². The van der Waals surface area contributed by atoms with Gasteiger partial charge in [-0.05, 0) is 19.1 Å². The monoisotopic (exact) mass is 251 g/mol. The van der Waals surface area contributed by atoms with Gasteiger partial charge >= 0.3 is 0 Å². The van der Waals surface area contributed by atoms with Crippen LogP contribution in [0.4, 0.5) is 0 Å². The summed E-state index contributed by atoms with van der Waals surface area (Å²) in [7, 11) is 0. The highest BCUT2D eigenvalue weighted by atomic mass is 16.3. The van der Waals surface area contributed by atoms with Gasteiger partial charge in [0, 0.05) is 26.2 Å². The number of nitrogens with zero attached hydrogens (tertiary/aromatic N) is 2. The molecule has 6 nitrogen and oxygen atoms in total. The van der Waals surface area contributed by atoms with E-state index in [1.807, 2.05) is 11.8 Å². The standard InChI is InChI=1S/C12H17N3O3/c1-9-2-3-10(18-9)12(17)15-6-4-14(5-7-15)8-11(13)16/h2-3H,4-8H2,1H3,(H2,13,16). The van der Waals surface area contributed by atoms with Crippen LogP contribution >= 0.6 is 0 Å². The number of primary amides is 1. The predicted octanol–water partition coefficient (Wildman–Crippen LogP) is -0.169. The van der Waals surface area contributed by atoms with Gasteiger partial charge in [0.2, 0.25) is 5.91 Å². The molecule has 2 heterocycles. The lowest BCUT2D eigenvalue weighted by Crippen LogP contribution is -2.50. The Balaban J connectivity index is 1.90. The van der Waals surface area contributed by atoms with Gasteiger partial charge in [-0.15, -0.1) is 0 Å². The minimum atomic E-state index is -0.337. The van der Waals surface area contributed by atoms with Gasteiger partial charge in [-0.25, -0.2) is 0 Å². The minimum absolute atomic E-state index is 0.0955. The largest absolute Gasteiger partial charge is 0.456 e. The molecule has 1 aliphatic heterocycles. The average Bonchev–Trinajstić information content (AvgIpc) is 2.75. The van der Waals surface area contributed by atoms with E-state index in [1.165, 1.54) is 0 Å². The molecule has 1 aliphatic rings. The summed E-state index contributed by atoms with van der Waals surface area (Å²) in [5, 5.41) is 0. The number of amides is 2. The van der Waals surface area contributed by atoms with Gasteiger partial charge in [0.05, 0.1) is 6.54 Å². The predicted molar refractivity (Wildman–Crippen MR) is 65.0 cm³/mol. The lowest BCUT2D eigenvalue weighted by atomic mass is 10.3. The summed E-state index contributed by atoms with van der Waals surface area (Å²) in [6, 6.07) is 3.46. The zero-order valence-corrected chi connectivity index (χ0v) is 10.4. The van der Waals surface area contributed by atoms with Crippen molar-refractivity contribution >= 4 is 11.8 Å². The third-order valence-electron chi connectivity index (χ3n) is 2.99. The topological polar surface area (TPSA) is 79.8 Å². The number of carbonyl (C=O) groups excluding carboxylic acids is 2. The third-order valence-corrected chi connectivity index (χ3v) is 2.99. The summed E-state index contributed by atoms with van der Waals surface area (Å²) in [6.45, 7) is 4.56. The van der Waals surface area contributed by atoms with E-state index < -0.39 is 0 Å². The highest BCUT2D eigenvalue weighted by Crippen LogP contribution is 2.11. The third kappa shape index (κ3) is 2.89. The number of furan rings is 1. The van der Waals surface area contributed by atoms with Gasteiger partial charge in [-0.2, -0.15) is 0 Å². The van der Waals surface area contributed by atoms with E-state index in [0.29, 0.717) is 31.9 Å². The molecule has 18 heavy (non-hydrogen) atoms. The van der Waals surface area contributed by atoms with Gasteiger partial charge in [-0.1, -0.05) is 0 Å². The first kappa shape index (κ1) is 12.6. The van der Waals surface area contributed by atoms with Crippen molar-refractivity contribution in [2.75, 3.05) is 32.7 Å². The van der Waals surface area contributed by atoms with E-state index in [0.717, 1.165) is 5.76 Å². The molecule has 1 fully saturated rings. The summed E-state index contributed by atoms with van der Waals surface area (Å²) in [4.78, 5) is 26.5. The Morgan fingerprint density at radius 3 is 2.44 bits per heavy atom. The second kappa shape index (κ2) is 5.22. The number of aryl methyl sites for hydroxylation is 1. The molecule has 0 radical (unpaired) electrons. The zero-order chi connectivity index (χ0) is 13.1. The first-order valence-electron chi connectivity index (χ1n) is 5.92. The van der Waals surface area contributed by atoms with Crippen LogP contribution in [0.2, 0.25) is 0 Å². The van der Waals surface area contributed by atoms with Crippen molar-refractivity contribution in [3.63, 3.8) is 0 Å². The smallest absolute Gasteiger partial charge is 0.289 e. The molecule has 0 aliphatic carbocycles. The maximum Gasteiger partial charge on any atom is 0.289 e. The van der Waals surface area contributed by atoms with Gasteiger partial charge in [0.15, 0.2) is 5.76 Å². The highest BCUT2D eigenvalue weighted by Gasteiger charge is 2.24. The number of hydrogen-bond donors (Lipinski definition) is 1. The van der Waals surface area contributed by atoms with Crippen LogP contribution in [0.25, 0.3) is 0 Å². The van der Waals surface area contributed by atoms with E-state index in [2.05, 4.69) is 0 Å². The Morgan fingerprint density at radius 1 is 1.28 bits per heavy atom. The number of carbonyl (C=O) groups is 2. The van der Waals surface area contributed by atoms with Crippen LogP contribution < -0.4 is 5.73 Å². The Bertz CT molecular complexity index is 447. The molecular weight excluding hydrogens is 234 g/mol. The second-order valence-electron chi connectivity index (χ2n) is 4.44. The number of piperazine rings is 1. The van der Waals surface area contributed by atoms with Gasteiger partial charge in [0.25, 0.3) is 5.91 Å². The Hall–Kier alpha value is -1.82. The molecule has 1 saturated heterocycles. The van der Waals surface area contributed by atoms with Crippen molar-refractivity contribution in [2.24, 2.45) is 5.73 Å². The fourth-order valence-corrected chi connectivity index (χ4v) is 2.03. The van der Waals surface area contributed by atoms with Crippen LogP contribution in [0.15, 0.2) is 16.5 Å². The van der Waals surface area contributed by atoms with Crippen molar-refractivity contribution in [1.29, 1.82) is 0 Å². The highest BCUT2D eigenvalue weighted by molar-refractivity contribution is 5.91. The Kier molecular flexibility index (Phi) is 3.66. The van der Waals surface area contributed by atoms with E-state index in [-0.39, 0.29) is 18.4 Å². The molecule has 2 amide bonds. The zero-order valence-electron chi connectivity index (χ0n) is 10.4. The average molecular weight is 251 g/mol. The summed E-state index contributed by atoms with van der Waals surface area (Å²) >= 11 is 0. The van der Waals surface area contributed by atoms with Crippen LogP contribution in [-0.2, 0) is 4.79 Å². The molecule has 2 N–H and O–H groups in total. The van der Waals surface area contributed by atoms with E-state index in [4.69, 9.17) is 10.2 Å². The van der Waals surface area contributed by atoms with Gasteiger partial charge < -0.3 is 15.1 Å². The van der Waals surface area contributed by atoms with Crippen molar-refractivity contribution in [2.45, 2.75) is 6.92 Å². The molecule has 0 spiro atoms.